The zero-order valence-corrected chi connectivity index (χ0v) is 15.1. The zero-order valence-electron chi connectivity index (χ0n) is 15.1. The Balaban J connectivity index is 1.70. The molecule has 5 heteroatoms. The van der Waals surface area contributed by atoms with Gasteiger partial charge in [0.25, 0.3) is 0 Å². The standard InChI is InChI=1S/C23H19FO4/c24-21-14-8-7-13-20(21)19(15-27-22(25)17-9-3-1-4-10-17)16-28-23(26)18-11-5-2-6-12-18/h1-14,19H,15-16H2. The Kier molecular flexibility index (Phi) is 6.52. The molecule has 0 saturated carbocycles. The predicted molar refractivity (Wildman–Crippen MR) is 103 cm³/mol. The third-order valence-electron chi connectivity index (χ3n) is 4.20. The van der Waals surface area contributed by atoms with E-state index in [-0.39, 0.29) is 13.2 Å². The first-order chi connectivity index (χ1) is 13.6. The minimum Gasteiger partial charge on any atom is -0.461 e. The van der Waals surface area contributed by atoms with Gasteiger partial charge in [-0.2, -0.15) is 0 Å². The molecule has 0 aromatic heterocycles. The fourth-order valence-electron chi connectivity index (χ4n) is 2.70. The van der Waals surface area contributed by atoms with Crippen molar-refractivity contribution >= 4 is 11.9 Å². The first kappa shape index (κ1) is 19.3. The predicted octanol–water partition coefficient (Wildman–Crippen LogP) is 4.62. The third kappa shape index (κ3) is 5.04. The summed E-state index contributed by atoms with van der Waals surface area (Å²) in [5.41, 5.74) is 1.12. The van der Waals surface area contributed by atoms with E-state index in [1.165, 1.54) is 6.07 Å². The van der Waals surface area contributed by atoms with Crippen LogP contribution in [0.1, 0.15) is 32.2 Å². The number of rotatable bonds is 7. The molecule has 0 aliphatic carbocycles. The molecule has 3 aromatic carbocycles. The molecule has 3 rings (SSSR count). The molecule has 0 atom stereocenters. The number of esters is 2. The van der Waals surface area contributed by atoms with Crippen LogP contribution in [0.5, 0.6) is 0 Å². The number of hydrogen-bond donors (Lipinski definition) is 0. The molecule has 0 heterocycles. The molecule has 4 nitrogen and oxygen atoms in total. The topological polar surface area (TPSA) is 52.6 Å². The summed E-state index contributed by atoms with van der Waals surface area (Å²) in [7, 11) is 0. The summed E-state index contributed by atoms with van der Waals surface area (Å²) in [6, 6.07) is 23.2. The molecule has 0 saturated heterocycles. The maximum Gasteiger partial charge on any atom is 0.338 e. The van der Waals surface area contributed by atoms with Crippen molar-refractivity contribution in [3.8, 4) is 0 Å². The van der Waals surface area contributed by atoms with Crippen molar-refractivity contribution in [1.29, 1.82) is 0 Å². The first-order valence-corrected chi connectivity index (χ1v) is 8.84. The van der Waals surface area contributed by atoms with Crippen molar-refractivity contribution in [3.63, 3.8) is 0 Å². The molecule has 28 heavy (non-hydrogen) atoms. The van der Waals surface area contributed by atoms with Gasteiger partial charge < -0.3 is 9.47 Å². The molecule has 0 aliphatic heterocycles. The monoisotopic (exact) mass is 378 g/mol. The van der Waals surface area contributed by atoms with E-state index in [2.05, 4.69) is 0 Å². The SMILES string of the molecule is O=C(OCC(COC(=O)c1ccccc1)c1ccccc1F)c1ccccc1. The van der Waals surface area contributed by atoms with Gasteiger partial charge in [-0.25, -0.2) is 14.0 Å². The van der Waals surface area contributed by atoms with Crippen molar-refractivity contribution in [2.24, 2.45) is 0 Å². The maximum atomic E-state index is 14.3. The first-order valence-electron chi connectivity index (χ1n) is 8.84. The van der Waals surface area contributed by atoms with Crippen molar-refractivity contribution in [2.45, 2.75) is 5.92 Å². The highest BCUT2D eigenvalue weighted by atomic mass is 19.1. The van der Waals surface area contributed by atoms with E-state index in [0.717, 1.165) is 0 Å². The van der Waals surface area contributed by atoms with Crippen LogP contribution in [0.4, 0.5) is 4.39 Å². The molecule has 0 spiro atoms. The number of halogens is 1. The van der Waals surface area contributed by atoms with Crippen LogP contribution in [-0.2, 0) is 9.47 Å². The summed E-state index contributed by atoms with van der Waals surface area (Å²) >= 11 is 0. The lowest BCUT2D eigenvalue weighted by Gasteiger charge is -2.18. The Bertz CT molecular complexity index is 870. The number of carbonyl (C=O) groups is 2. The van der Waals surface area contributed by atoms with Crippen molar-refractivity contribution in [2.75, 3.05) is 13.2 Å². The van der Waals surface area contributed by atoms with Gasteiger partial charge >= 0.3 is 11.9 Å². The summed E-state index contributed by atoms with van der Waals surface area (Å²) in [5, 5.41) is 0. The van der Waals surface area contributed by atoms with E-state index in [1.807, 2.05) is 0 Å². The van der Waals surface area contributed by atoms with Crippen molar-refractivity contribution < 1.29 is 23.5 Å². The van der Waals surface area contributed by atoms with E-state index in [9.17, 15) is 14.0 Å². The van der Waals surface area contributed by atoms with Crippen LogP contribution in [-0.4, -0.2) is 25.2 Å². The summed E-state index contributed by atoms with van der Waals surface area (Å²) in [4.78, 5) is 24.4. The lowest BCUT2D eigenvalue weighted by Crippen LogP contribution is -2.20. The Hall–Kier alpha value is -3.47. The minimum atomic E-state index is -0.624. The smallest absolute Gasteiger partial charge is 0.338 e. The Morgan fingerprint density at radius 2 is 1.11 bits per heavy atom. The molecule has 0 radical (unpaired) electrons. The Morgan fingerprint density at radius 1 is 0.679 bits per heavy atom. The lowest BCUT2D eigenvalue weighted by atomic mass is 10.0. The molecular formula is C23H19FO4. The van der Waals surface area contributed by atoms with E-state index in [0.29, 0.717) is 16.7 Å². The molecule has 0 bridgehead atoms. The van der Waals surface area contributed by atoms with Crippen molar-refractivity contribution in [3.05, 3.63) is 107 Å². The highest BCUT2D eigenvalue weighted by Gasteiger charge is 2.21. The fraction of sp³-hybridized carbons (Fsp3) is 0.130. The maximum absolute atomic E-state index is 14.3. The van der Waals surface area contributed by atoms with Crippen LogP contribution in [0.15, 0.2) is 84.9 Å². The molecule has 3 aromatic rings. The molecule has 142 valence electrons. The van der Waals surface area contributed by atoms with E-state index >= 15 is 0 Å². The highest BCUT2D eigenvalue weighted by molar-refractivity contribution is 5.89. The third-order valence-corrected chi connectivity index (χ3v) is 4.20. The van der Waals surface area contributed by atoms with Crippen LogP contribution >= 0.6 is 0 Å². The number of carbonyl (C=O) groups excluding carboxylic acids is 2. The largest absolute Gasteiger partial charge is 0.461 e. The molecule has 0 amide bonds. The number of benzene rings is 3. The van der Waals surface area contributed by atoms with Crippen LogP contribution in [0, 0.1) is 5.82 Å². The summed E-state index contributed by atoms with van der Waals surface area (Å²) < 4.78 is 24.9. The molecule has 0 N–H and O–H groups in total. The fourth-order valence-corrected chi connectivity index (χ4v) is 2.70. The molecular weight excluding hydrogens is 359 g/mol. The second-order valence-corrected chi connectivity index (χ2v) is 6.15. The number of ether oxygens (including phenoxy) is 2. The summed E-state index contributed by atoms with van der Waals surface area (Å²) in [6.07, 6.45) is 0. The van der Waals surface area contributed by atoms with Gasteiger partial charge in [-0.3, -0.25) is 0 Å². The molecule has 0 unspecified atom stereocenters. The van der Waals surface area contributed by atoms with Gasteiger partial charge in [0.2, 0.25) is 0 Å². The van der Waals surface area contributed by atoms with E-state index in [1.54, 1.807) is 78.9 Å². The number of hydrogen-bond acceptors (Lipinski definition) is 4. The van der Waals surface area contributed by atoms with Gasteiger partial charge in [0.05, 0.1) is 17.0 Å². The summed E-state index contributed by atoms with van der Waals surface area (Å²) in [5.74, 6) is -2.10. The highest BCUT2D eigenvalue weighted by Crippen LogP contribution is 2.21. The van der Waals surface area contributed by atoms with Gasteiger partial charge in [0, 0.05) is 0 Å². The zero-order chi connectivity index (χ0) is 19.8. The van der Waals surface area contributed by atoms with Crippen LogP contribution in [0.25, 0.3) is 0 Å². The minimum absolute atomic E-state index is 0.114. The van der Waals surface area contributed by atoms with Crippen LogP contribution < -0.4 is 0 Å². The average Bonchev–Trinajstić information content (AvgIpc) is 2.75. The summed E-state index contributed by atoms with van der Waals surface area (Å²) in [6.45, 7) is -0.229. The van der Waals surface area contributed by atoms with Gasteiger partial charge in [-0.05, 0) is 35.9 Å². The van der Waals surface area contributed by atoms with Crippen LogP contribution in [0.3, 0.4) is 0 Å². The van der Waals surface area contributed by atoms with Gasteiger partial charge in [0.15, 0.2) is 0 Å². The quantitative estimate of drug-likeness (QED) is 0.563. The van der Waals surface area contributed by atoms with Gasteiger partial charge in [-0.15, -0.1) is 0 Å². The van der Waals surface area contributed by atoms with E-state index < -0.39 is 23.7 Å². The lowest BCUT2D eigenvalue weighted by molar-refractivity contribution is 0.0344. The Labute approximate surface area is 162 Å². The van der Waals surface area contributed by atoms with E-state index in [4.69, 9.17) is 9.47 Å². The van der Waals surface area contributed by atoms with Crippen molar-refractivity contribution in [1.82, 2.24) is 0 Å². The Morgan fingerprint density at radius 3 is 1.57 bits per heavy atom. The van der Waals surface area contributed by atoms with Gasteiger partial charge in [-0.1, -0.05) is 54.6 Å². The average molecular weight is 378 g/mol. The van der Waals surface area contributed by atoms with Gasteiger partial charge in [0.1, 0.15) is 19.0 Å². The van der Waals surface area contributed by atoms with Crippen LogP contribution in [0.2, 0.25) is 0 Å². The molecule has 0 aliphatic rings. The normalized spacial score (nSPS) is 10.5. The second-order valence-electron chi connectivity index (χ2n) is 6.15. The molecule has 0 fully saturated rings. The second kappa shape index (κ2) is 9.46.